The van der Waals surface area contributed by atoms with E-state index in [-0.39, 0.29) is 4.90 Å². The van der Waals surface area contributed by atoms with E-state index in [4.69, 9.17) is 0 Å². The van der Waals surface area contributed by atoms with Crippen LogP contribution in [0.25, 0.3) is 44.8 Å². The van der Waals surface area contributed by atoms with Crippen molar-refractivity contribution in [3.63, 3.8) is 0 Å². The van der Waals surface area contributed by atoms with Crippen LogP contribution in [-0.2, 0) is 10.1 Å². The van der Waals surface area contributed by atoms with Gasteiger partial charge >= 0.3 is 0 Å². The monoisotopic (exact) mass is 390 g/mol. The normalized spacial score (nSPS) is 12.0. The number of nitrogens with one attached hydrogen (secondary N) is 2. The lowest BCUT2D eigenvalue weighted by Gasteiger charge is -1.99. The van der Waals surface area contributed by atoms with Crippen LogP contribution in [-0.4, -0.2) is 32.9 Å². The molecule has 5 aromatic rings. The first-order valence-electron chi connectivity index (χ1n) is 8.50. The van der Waals surface area contributed by atoms with Gasteiger partial charge in [0.15, 0.2) is 0 Å². The van der Waals surface area contributed by atoms with Crippen LogP contribution in [0.1, 0.15) is 0 Å². The van der Waals surface area contributed by atoms with E-state index >= 15 is 0 Å². The molecule has 0 aliphatic rings. The topological polar surface area (TPSA) is 112 Å². The van der Waals surface area contributed by atoms with E-state index in [9.17, 15) is 13.0 Å². The molecular weight excluding hydrogens is 376 g/mol. The fourth-order valence-corrected chi connectivity index (χ4v) is 3.67. The summed E-state index contributed by atoms with van der Waals surface area (Å²) in [4.78, 5) is 15.3. The molecule has 0 aliphatic heterocycles. The second-order valence-electron chi connectivity index (χ2n) is 6.42. The molecule has 2 aromatic heterocycles. The van der Waals surface area contributed by atoms with Crippen molar-refractivity contribution in [1.82, 2.24) is 19.9 Å². The first kappa shape index (κ1) is 16.7. The van der Waals surface area contributed by atoms with Crippen LogP contribution in [0.15, 0.2) is 71.6 Å². The molecule has 28 heavy (non-hydrogen) atoms. The van der Waals surface area contributed by atoms with E-state index in [1.165, 1.54) is 12.1 Å². The lowest BCUT2D eigenvalue weighted by atomic mass is 10.1. The third kappa shape index (κ3) is 2.84. The molecule has 0 unspecified atom stereocenters. The van der Waals surface area contributed by atoms with Crippen molar-refractivity contribution in [2.24, 2.45) is 0 Å². The molecule has 3 aromatic carbocycles. The maximum absolute atomic E-state index is 11.3. The minimum atomic E-state index is -4.26. The third-order valence-corrected chi connectivity index (χ3v) is 5.42. The van der Waals surface area contributed by atoms with E-state index in [0.29, 0.717) is 16.9 Å². The molecule has 0 spiro atoms. The molecule has 0 bridgehead atoms. The molecule has 2 heterocycles. The molecule has 0 aliphatic carbocycles. The summed E-state index contributed by atoms with van der Waals surface area (Å²) in [6.45, 7) is 0. The van der Waals surface area contributed by atoms with Gasteiger partial charge in [0.25, 0.3) is 10.1 Å². The second-order valence-corrected chi connectivity index (χ2v) is 7.84. The van der Waals surface area contributed by atoms with Gasteiger partial charge in [-0.05, 0) is 30.3 Å². The Labute approximate surface area is 159 Å². The van der Waals surface area contributed by atoms with Gasteiger partial charge in [-0.1, -0.05) is 36.4 Å². The third-order valence-electron chi connectivity index (χ3n) is 4.57. The van der Waals surface area contributed by atoms with Crippen molar-refractivity contribution in [2.75, 3.05) is 0 Å². The van der Waals surface area contributed by atoms with Crippen LogP contribution in [0.3, 0.4) is 0 Å². The molecule has 0 saturated heterocycles. The number of hydrogen-bond acceptors (Lipinski definition) is 4. The van der Waals surface area contributed by atoms with Crippen molar-refractivity contribution in [3.05, 3.63) is 66.7 Å². The summed E-state index contributed by atoms with van der Waals surface area (Å²) in [5.41, 5.74) is 4.84. The fraction of sp³-hybridized carbons (Fsp3) is 0. The highest BCUT2D eigenvalue weighted by molar-refractivity contribution is 7.85. The maximum atomic E-state index is 11.3. The summed E-state index contributed by atoms with van der Waals surface area (Å²) in [6.07, 6.45) is 0. The predicted molar refractivity (Wildman–Crippen MR) is 106 cm³/mol. The Morgan fingerprint density at radius 3 is 1.89 bits per heavy atom. The summed E-state index contributed by atoms with van der Waals surface area (Å²) < 4.78 is 31.8. The lowest BCUT2D eigenvalue weighted by Crippen LogP contribution is -1.97. The summed E-state index contributed by atoms with van der Waals surface area (Å²) in [7, 11) is -4.26. The van der Waals surface area contributed by atoms with E-state index in [1.807, 2.05) is 48.5 Å². The Morgan fingerprint density at radius 2 is 1.29 bits per heavy atom. The number of aromatic nitrogens is 4. The number of H-pyrrole nitrogens is 2. The Kier molecular flexibility index (Phi) is 3.58. The van der Waals surface area contributed by atoms with Gasteiger partial charge < -0.3 is 9.97 Å². The van der Waals surface area contributed by atoms with Crippen molar-refractivity contribution in [2.45, 2.75) is 4.90 Å². The van der Waals surface area contributed by atoms with Crippen molar-refractivity contribution < 1.29 is 13.0 Å². The number of para-hydroxylation sites is 2. The smallest absolute Gasteiger partial charge is 0.294 e. The molecule has 0 atom stereocenters. The number of imidazole rings is 2. The van der Waals surface area contributed by atoms with Gasteiger partial charge in [0.05, 0.1) is 27.0 Å². The summed E-state index contributed by atoms with van der Waals surface area (Å²) >= 11 is 0. The molecular formula is C20H14N4O3S. The van der Waals surface area contributed by atoms with E-state index in [2.05, 4.69) is 19.9 Å². The van der Waals surface area contributed by atoms with Crippen LogP contribution >= 0.6 is 0 Å². The molecule has 0 amide bonds. The number of hydrogen-bond donors (Lipinski definition) is 3. The standard InChI is InChI=1S/C20H14N4O3S/c25-28(26,27)14-9-10-17-18(11-14)24-20(23-17)13-7-5-12(6-8-13)19-21-15-3-1-2-4-16(15)22-19/h1-11H,(H,21,22)(H,23,24)(H,25,26,27). The zero-order chi connectivity index (χ0) is 19.3. The molecule has 8 heteroatoms. The van der Waals surface area contributed by atoms with Crippen LogP contribution in [0, 0.1) is 0 Å². The van der Waals surface area contributed by atoms with Gasteiger partial charge in [-0.2, -0.15) is 8.42 Å². The van der Waals surface area contributed by atoms with Crippen LogP contribution in [0.4, 0.5) is 0 Å². The van der Waals surface area contributed by atoms with Crippen molar-refractivity contribution in [1.29, 1.82) is 0 Å². The van der Waals surface area contributed by atoms with Crippen molar-refractivity contribution in [3.8, 4) is 22.8 Å². The average Bonchev–Trinajstić information content (AvgIpc) is 3.31. The Hall–Kier alpha value is -3.49. The van der Waals surface area contributed by atoms with Crippen LogP contribution in [0.5, 0.6) is 0 Å². The average molecular weight is 390 g/mol. The molecule has 7 nitrogen and oxygen atoms in total. The highest BCUT2D eigenvalue weighted by Crippen LogP contribution is 2.26. The summed E-state index contributed by atoms with van der Waals surface area (Å²) in [6, 6.07) is 19.8. The molecule has 3 N–H and O–H groups in total. The van der Waals surface area contributed by atoms with E-state index < -0.39 is 10.1 Å². The Morgan fingerprint density at radius 1 is 0.714 bits per heavy atom. The summed E-state index contributed by atoms with van der Waals surface area (Å²) in [5.74, 6) is 1.40. The number of benzene rings is 3. The predicted octanol–water partition coefficient (Wildman–Crippen LogP) is 4.02. The van der Waals surface area contributed by atoms with Crippen LogP contribution < -0.4 is 0 Å². The second kappa shape index (κ2) is 6.01. The Bertz CT molecular complexity index is 1400. The van der Waals surface area contributed by atoms with Crippen molar-refractivity contribution >= 4 is 32.2 Å². The zero-order valence-corrected chi connectivity index (χ0v) is 15.2. The fourth-order valence-electron chi connectivity index (χ4n) is 3.16. The minimum absolute atomic E-state index is 0.171. The van der Waals surface area contributed by atoms with Gasteiger partial charge in [0.2, 0.25) is 0 Å². The number of rotatable bonds is 3. The highest BCUT2D eigenvalue weighted by atomic mass is 32.2. The Balaban J connectivity index is 1.51. The molecule has 0 radical (unpaired) electrons. The molecule has 0 saturated carbocycles. The first-order valence-corrected chi connectivity index (χ1v) is 9.94. The van der Waals surface area contributed by atoms with Gasteiger partial charge in [-0.3, -0.25) is 4.55 Å². The maximum Gasteiger partial charge on any atom is 0.294 e. The van der Waals surface area contributed by atoms with Gasteiger partial charge in [-0.15, -0.1) is 0 Å². The number of fused-ring (bicyclic) bond motifs is 2. The van der Waals surface area contributed by atoms with E-state index in [1.54, 1.807) is 6.07 Å². The first-order chi connectivity index (χ1) is 13.5. The summed E-state index contributed by atoms with van der Waals surface area (Å²) in [5, 5.41) is 0. The molecule has 0 fully saturated rings. The van der Waals surface area contributed by atoms with E-state index in [0.717, 1.165) is 28.0 Å². The lowest BCUT2D eigenvalue weighted by molar-refractivity contribution is 0.483. The highest BCUT2D eigenvalue weighted by Gasteiger charge is 2.13. The zero-order valence-electron chi connectivity index (χ0n) is 14.4. The van der Waals surface area contributed by atoms with Gasteiger partial charge in [0, 0.05) is 11.1 Å². The number of nitrogens with zero attached hydrogens (tertiary/aromatic N) is 2. The molecule has 5 rings (SSSR count). The number of aromatic amines is 2. The quantitative estimate of drug-likeness (QED) is 0.403. The molecule has 138 valence electrons. The SMILES string of the molecule is O=S(=O)(O)c1ccc2nc(-c3ccc(-c4nc5ccccc5[nH]4)cc3)[nH]c2c1. The van der Waals surface area contributed by atoms with Gasteiger partial charge in [0.1, 0.15) is 11.6 Å². The largest absolute Gasteiger partial charge is 0.338 e. The van der Waals surface area contributed by atoms with Crippen LogP contribution in [0.2, 0.25) is 0 Å². The van der Waals surface area contributed by atoms with Gasteiger partial charge in [-0.25, -0.2) is 9.97 Å². The minimum Gasteiger partial charge on any atom is -0.338 e.